The number of amides is 3. The molecule has 0 spiro atoms. The van der Waals surface area contributed by atoms with Crippen molar-refractivity contribution in [3.63, 3.8) is 0 Å². The molecule has 32 heavy (non-hydrogen) atoms. The molecule has 0 saturated carbocycles. The Morgan fingerprint density at radius 3 is 1.50 bits per heavy atom. The minimum atomic E-state index is -0.381. The Morgan fingerprint density at radius 1 is 0.656 bits per heavy atom. The number of carbonyl (C=O) groups is 3. The molecule has 0 aliphatic carbocycles. The van der Waals surface area contributed by atoms with Gasteiger partial charge in [0.1, 0.15) is 0 Å². The molecule has 10 heteroatoms. The predicted octanol–water partition coefficient (Wildman–Crippen LogP) is 2.47. The summed E-state index contributed by atoms with van der Waals surface area (Å²) >= 11 is 0. The van der Waals surface area contributed by atoms with E-state index >= 15 is 0 Å². The number of hydrogen-bond donors (Lipinski definition) is 5. The normalized spacial score (nSPS) is 9.84. The number of aliphatic hydroxyl groups excluding tert-OH is 2. The molecule has 0 aromatic carbocycles. The predicted molar refractivity (Wildman–Crippen MR) is 123 cm³/mol. The van der Waals surface area contributed by atoms with E-state index in [1.165, 1.54) is 0 Å². The van der Waals surface area contributed by atoms with E-state index in [4.69, 9.17) is 19.7 Å². The van der Waals surface area contributed by atoms with Crippen molar-refractivity contribution in [1.29, 1.82) is 0 Å². The van der Waals surface area contributed by atoms with Crippen molar-refractivity contribution in [2.24, 2.45) is 0 Å². The molecule has 0 aromatic heterocycles. The summed E-state index contributed by atoms with van der Waals surface area (Å²) in [6.07, 6.45) is 10.9. The number of hydrogen-bond acceptors (Lipinski definition) is 7. The smallest absolute Gasteiger partial charge is 0.407 e. The van der Waals surface area contributed by atoms with E-state index < -0.39 is 0 Å². The molecule has 3 amide bonds. The fourth-order valence-corrected chi connectivity index (χ4v) is 2.73. The van der Waals surface area contributed by atoms with Gasteiger partial charge in [0.05, 0.1) is 13.2 Å². The first-order chi connectivity index (χ1) is 15.7. The van der Waals surface area contributed by atoms with Gasteiger partial charge in [0.25, 0.3) is 0 Å². The number of ether oxygens (including phenoxy) is 2. The molecule has 0 radical (unpaired) electrons. The zero-order valence-corrected chi connectivity index (χ0v) is 19.7. The minimum absolute atomic E-state index is 0.222. The lowest BCUT2D eigenvalue weighted by molar-refractivity contribution is -0.109. The standard InChI is InChI=1S/C21H41N3O6.CH4O/c25-16-10-4-1-8-14-23-20(27)30-18-12-6-3-9-15-24-21(28)29-17-11-5-2-7-13-22-19-26;1-2/h19,25H,1-18H2,(H,22,26)(H,23,27)(H,24,28);2H,1H3. The van der Waals surface area contributed by atoms with Gasteiger partial charge in [-0.25, -0.2) is 9.59 Å². The van der Waals surface area contributed by atoms with Crippen LogP contribution in [0.2, 0.25) is 0 Å². The zero-order chi connectivity index (χ0) is 24.1. The molecule has 190 valence electrons. The zero-order valence-electron chi connectivity index (χ0n) is 19.7. The van der Waals surface area contributed by atoms with Crippen LogP contribution in [0.25, 0.3) is 0 Å². The second-order valence-corrected chi connectivity index (χ2v) is 7.16. The summed E-state index contributed by atoms with van der Waals surface area (Å²) in [6, 6.07) is 0. The van der Waals surface area contributed by atoms with Crippen LogP contribution in [0.1, 0.15) is 77.0 Å². The Kier molecular flexibility index (Phi) is 29.0. The molecule has 0 rings (SSSR count). The monoisotopic (exact) mass is 463 g/mol. The van der Waals surface area contributed by atoms with E-state index in [1.807, 2.05) is 0 Å². The van der Waals surface area contributed by atoms with Crippen LogP contribution < -0.4 is 16.0 Å². The molecule has 0 heterocycles. The van der Waals surface area contributed by atoms with Crippen molar-refractivity contribution in [1.82, 2.24) is 16.0 Å². The average molecular weight is 464 g/mol. The van der Waals surface area contributed by atoms with Gasteiger partial charge in [-0.05, 0) is 51.4 Å². The highest BCUT2D eigenvalue weighted by molar-refractivity contribution is 5.67. The van der Waals surface area contributed by atoms with Crippen molar-refractivity contribution in [2.45, 2.75) is 77.0 Å². The molecular formula is C22H45N3O7. The lowest BCUT2D eigenvalue weighted by Gasteiger charge is -2.08. The first-order valence-corrected chi connectivity index (χ1v) is 11.7. The van der Waals surface area contributed by atoms with Gasteiger partial charge in [0.2, 0.25) is 6.41 Å². The van der Waals surface area contributed by atoms with E-state index in [1.54, 1.807) is 0 Å². The average Bonchev–Trinajstić information content (AvgIpc) is 2.81. The van der Waals surface area contributed by atoms with Crippen molar-refractivity contribution in [3.8, 4) is 0 Å². The SMILES string of the molecule is CO.O=CNCCCCCCOC(=O)NCCCCCCOC(=O)NCCCCCCO. The lowest BCUT2D eigenvalue weighted by Crippen LogP contribution is -2.26. The maximum absolute atomic E-state index is 11.5. The van der Waals surface area contributed by atoms with Gasteiger partial charge < -0.3 is 35.6 Å². The van der Waals surface area contributed by atoms with Crippen molar-refractivity contribution < 1.29 is 34.1 Å². The van der Waals surface area contributed by atoms with Crippen molar-refractivity contribution in [3.05, 3.63) is 0 Å². The number of rotatable bonds is 21. The number of unbranched alkanes of at least 4 members (excludes halogenated alkanes) is 9. The van der Waals surface area contributed by atoms with Crippen LogP contribution in [0.15, 0.2) is 0 Å². The maximum Gasteiger partial charge on any atom is 0.407 e. The number of nitrogens with one attached hydrogen (secondary N) is 3. The molecule has 0 atom stereocenters. The highest BCUT2D eigenvalue weighted by Gasteiger charge is 2.02. The second-order valence-electron chi connectivity index (χ2n) is 7.16. The fourth-order valence-electron chi connectivity index (χ4n) is 2.73. The molecule has 10 nitrogen and oxygen atoms in total. The van der Waals surface area contributed by atoms with Gasteiger partial charge in [-0.15, -0.1) is 0 Å². The van der Waals surface area contributed by atoms with Crippen molar-refractivity contribution in [2.75, 3.05) is 46.6 Å². The summed E-state index contributed by atoms with van der Waals surface area (Å²) in [4.78, 5) is 33.1. The summed E-state index contributed by atoms with van der Waals surface area (Å²) in [5.74, 6) is 0. The minimum Gasteiger partial charge on any atom is -0.450 e. The van der Waals surface area contributed by atoms with Crippen LogP contribution in [0.5, 0.6) is 0 Å². The Bertz CT molecular complexity index is 426. The van der Waals surface area contributed by atoms with E-state index in [9.17, 15) is 14.4 Å². The third-order valence-electron chi connectivity index (χ3n) is 4.46. The highest BCUT2D eigenvalue weighted by atomic mass is 16.6. The molecule has 0 saturated heterocycles. The molecule has 0 unspecified atom stereocenters. The van der Waals surface area contributed by atoms with Crippen LogP contribution in [-0.2, 0) is 14.3 Å². The van der Waals surface area contributed by atoms with Crippen LogP contribution in [-0.4, -0.2) is 75.4 Å². The van der Waals surface area contributed by atoms with Crippen LogP contribution in [0, 0.1) is 0 Å². The van der Waals surface area contributed by atoms with Crippen LogP contribution in [0.3, 0.4) is 0 Å². The molecule has 0 aliphatic heterocycles. The van der Waals surface area contributed by atoms with Gasteiger partial charge in [0, 0.05) is 33.4 Å². The third-order valence-corrected chi connectivity index (χ3v) is 4.46. The van der Waals surface area contributed by atoms with E-state index in [-0.39, 0.29) is 18.8 Å². The molecular weight excluding hydrogens is 418 g/mol. The summed E-state index contributed by atoms with van der Waals surface area (Å²) in [6.45, 7) is 2.90. The second kappa shape index (κ2) is 28.9. The van der Waals surface area contributed by atoms with Crippen LogP contribution >= 0.6 is 0 Å². The quantitative estimate of drug-likeness (QED) is 0.130. The van der Waals surface area contributed by atoms with Crippen LogP contribution in [0.4, 0.5) is 9.59 Å². The maximum atomic E-state index is 11.5. The Hall–Kier alpha value is -2.07. The Morgan fingerprint density at radius 2 is 1.06 bits per heavy atom. The van der Waals surface area contributed by atoms with E-state index in [0.29, 0.717) is 39.3 Å². The summed E-state index contributed by atoms with van der Waals surface area (Å²) in [7, 11) is 1.00. The Labute approximate surface area is 192 Å². The van der Waals surface area contributed by atoms with Gasteiger partial charge in [-0.2, -0.15) is 0 Å². The summed E-state index contributed by atoms with van der Waals surface area (Å²) in [5.41, 5.74) is 0. The summed E-state index contributed by atoms with van der Waals surface area (Å²) in [5, 5.41) is 23.7. The lowest BCUT2D eigenvalue weighted by atomic mass is 10.2. The first-order valence-electron chi connectivity index (χ1n) is 11.7. The Balaban J connectivity index is 0. The van der Waals surface area contributed by atoms with Gasteiger partial charge in [-0.1, -0.05) is 25.7 Å². The molecule has 5 N–H and O–H groups in total. The van der Waals surface area contributed by atoms with Crippen molar-refractivity contribution >= 4 is 18.6 Å². The van der Waals surface area contributed by atoms with E-state index in [2.05, 4.69) is 16.0 Å². The first kappa shape index (κ1) is 32.1. The number of aliphatic hydroxyl groups is 2. The van der Waals surface area contributed by atoms with Gasteiger partial charge in [-0.3, -0.25) is 4.79 Å². The summed E-state index contributed by atoms with van der Waals surface area (Å²) < 4.78 is 10.2. The largest absolute Gasteiger partial charge is 0.450 e. The number of alkyl carbamates (subject to hydrolysis) is 2. The fraction of sp³-hybridized carbons (Fsp3) is 0.864. The highest BCUT2D eigenvalue weighted by Crippen LogP contribution is 2.01. The molecule has 0 aromatic rings. The third kappa shape index (κ3) is 27.9. The topological polar surface area (TPSA) is 146 Å². The molecule has 0 aliphatic rings. The molecule has 0 bridgehead atoms. The van der Waals surface area contributed by atoms with Gasteiger partial charge in [0.15, 0.2) is 0 Å². The van der Waals surface area contributed by atoms with Gasteiger partial charge >= 0.3 is 12.2 Å². The van der Waals surface area contributed by atoms with E-state index in [0.717, 1.165) is 84.2 Å². The molecule has 0 fully saturated rings. The number of carbonyl (C=O) groups excluding carboxylic acids is 3.